The number of rotatable bonds is 4. The van der Waals surface area contributed by atoms with E-state index in [-0.39, 0.29) is 17.8 Å². The van der Waals surface area contributed by atoms with Crippen molar-refractivity contribution < 1.29 is 9.53 Å². The number of Topliss-reactive ketones (excluding diaryl/α,β-unsaturated/α-hetero) is 1. The van der Waals surface area contributed by atoms with E-state index < -0.39 is 0 Å². The normalized spacial score (nSPS) is 17.8. The molecule has 0 amide bonds. The quantitative estimate of drug-likeness (QED) is 0.728. The number of benzene rings is 1. The highest BCUT2D eigenvalue weighted by Gasteiger charge is 2.35. The fourth-order valence-electron chi connectivity index (χ4n) is 1.63. The summed E-state index contributed by atoms with van der Waals surface area (Å²) in [6, 6.07) is 9.68. The zero-order valence-corrected chi connectivity index (χ0v) is 8.27. The van der Waals surface area contributed by atoms with Gasteiger partial charge in [-0.3, -0.25) is 4.79 Å². The van der Waals surface area contributed by atoms with Gasteiger partial charge in [0.25, 0.3) is 0 Å². The van der Waals surface area contributed by atoms with Crippen molar-refractivity contribution in [2.45, 2.75) is 18.9 Å². The lowest BCUT2D eigenvalue weighted by Crippen LogP contribution is -2.16. The van der Waals surface area contributed by atoms with Gasteiger partial charge in [0, 0.05) is 13.0 Å². The van der Waals surface area contributed by atoms with Crippen molar-refractivity contribution in [3.8, 4) is 0 Å². The minimum Gasteiger partial charge on any atom is -0.369 e. The van der Waals surface area contributed by atoms with E-state index in [0.717, 1.165) is 18.4 Å². The van der Waals surface area contributed by atoms with E-state index in [9.17, 15) is 4.79 Å². The van der Waals surface area contributed by atoms with Gasteiger partial charge in [-0.05, 0) is 18.4 Å². The molecule has 0 spiro atoms. The van der Waals surface area contributed by atoms with E-state index in [0.29, 0.717) is 0 Å². The fourth-order valence-corrected chi connectivity index (χ4v) is 1.63. The third-order valence-corrected chi connectivity index (χ3v) is 2.58. The van der Waals surface area contributed by atoms with E-state index in [1.807, 2.05) is 30.3 Å². The molecule has 2 nitrogen and oxygen atoms in total. The molecule has 1 atom stereocenters. The Balaban J connectivity index is 2.16. The predicted molar refractivity (Wildman–Crippen MR) is 53.9 cm³/mol. The number of ether oxygens (including phenoxy) is 1. The molecule has 0 aromatic heterocycles. The van der Waals surface area contributed by atoms with Gasteiger partial charge in [0.05, 0.1) is 0 Å². The Hall–Kier alpha value is -1.15. The van der Waals surface area contributed by atoms with Crippen LogP contribution in [0, 0.1) is 5.92 Å². The second-order valence-electron chi connectivity index (χ2n) is 3.70. The van der Waals surface area contributed by atoms with Crippen LogP contribution < -0.4 is 0 Å². The van der Waals surface area contributed by atoms with Crippen molar-refractivity contribution in [3.63, 3.8) is 0 Å². The van der Waals surface area contributed by atoms with Crippen LogP contribution in [0.1, 0.15) is 24.5 Å². The van der Waals surface area contributed by atoms with Gasteiger partial charge in [0.1, 0.15) is 6.10 Å². The summed E-state index contributed by atoms with van der Waals surface area (Å²) in [5, 5.41) is 0. The number of hydrogen-bond donors (Lipinski definition) is 0. The summed E-state index contributed by atoms with van der Waals surface area (Å²) in [5.41, 5.74) is 0.965. The van der Waals surface area contributed by atoms with E-state index in [2.05, 4.69) is 0 Å². The van der Waals surface area contributed by atoms with Crippen LogP contribution in [0.4, 0.5) is 0 Å². The molecule has 0 bridgehead atoms. The molecule has 1 saturated carbocycles. The molecule has 14 heavy (non-hydrogen) atoms. The zero-order valence-electron chi connectivity index (χ0n) is 8.27. The molecule has 1 aliphatic rings. The molecule has 2 rings (SSSR count). The molecular weight excluding hydrogens is 176 g/mol. The summed E-state index contributed by atoms with van der Waals surface area (Å²) in [5.74, 6) is 0.485. The summed E-state index contributed by atoms with van der Waals surface area (Å²) < 4.78 is 5.25. The van der Waals surface area contributed by atoms with Gasteiger partial charge in [-0.1, -0.05) is 30.3 Å². The first-order chi connectivity index (χ1) is 6.83. The third-order valence-electron chi connectivity index (χ3n) is 2.58. The maximum Gasteiger partial charge on any atom is 0.169 e. The maximum atomic E-state index is 11.8. The Bertz CT molecular complexity index is 314. The SMILES string of the molecule is COC(C(=O)C1CC1)c1ccccc1. The second kappa shape index (κ2) is 3.93. The molecule has 0 aliphatic heterocycles. The molecular formula is C12H14O2. The van der Waals surface area contributed by atoms with E-state index in [1.165, 1.54) is 0 Å². The lowest BCUT2D eigenvalue weighted by Gasteiger charge is -2.13. The van der Waals surface area contributed by atoms with Crippen molar-refractivity contribution in [3.05, 3.63) is 35.9 Å². The second-order valence-corrected chi connectivity index (χ2v) is 3.70. The Morgan fingerprint density at radius 1 is 1.36 bits per heavy atom. The van der Waals surface area contributed by atoms with Crippen molar-refractivity contribution in [2.75, 3.05) is 7.11 Å². The lowest BCUT2D eigenvalue weighted by atomic mass is 10.0. The van der Waals surface area contributed by atoms with Gasteiger partial charge in [-0.25, -0.2) is 0 Å². The van der Waals surface area contributed by atoms with Crippen molar-refractivity contribution in [2.24, 2.45) is 5.92 Å². The van der Waals surface area contributed by atoms with E-state index >= 15 is 0 Å². The van der Waals surface area contributed by atoms with Crippen LogP contribution in [0.2, 0.25) is 0 Å². The smallest absolute Gasteiger partial charge is 0.169 e. The highest BCUT2D eigenvalue weighted by atomic mass is 16.5. The van der Waals surface area contributed by atoms with Gasteiger partial charge in [-0.15, -0.1) is 0 Å². The Labute approximate surface area is 83.9 Å². The Morgan fingerprint density at radius 3 is 2.50 bits per heavy atom. The van der Waals surface area contributed by atoms with Crippen LogP contribution in [0.15, 0.2) is 30.3 Å². The van der Waals surface area contributed by atoms with Crippen LogP contribution in [0.3, 0.4) is 0 Å². The molecule has 74 valence electrons. The summed E-state index contributed by atoms with van der Waals surface area (Å²) in [7, 11) is 1.60. The average molecular weight is 190 g/mol. The van der Waals surface area contributed by atoms with Gasteiger partial charge in [-0.2, -0.15) is 0 Å². The third kappa shape index (κ3) is 1.85. The van der Waals surface area contributed by atoms with Gasteiger partial charge in [0.15, 0.2) is 5.78 Å². The monoisotopic (exact) mass is 190 g/mol. The lowest BCUT2D eigenvalue weighted by molar-refractivity contribution is -0.130. The minimum absolute atomic E-state index is 0.235. The number of carbonyl (C=O) groups is 1. The highest BCUT2D eigenvalue weighted by molar-refractivity contribution is 5.88. The first-order valence-corrected chi connectivity index (χ1v) is 4.94. The first-order valence-electron chi connectivity index (χ1n) is 4.94. The standard InChI is InChI=1S/C12H14O2/c1-14-12(11(13)9-7-8-9)10-5-3-2-4-6-10/h2-6,9,12H,7-8H2,1H3. The van der Waals surface area contributed by atoms with Crippen LogP contribution >= 0.6 is 0 Å². The van der Waals surface area contributed by atoms with Crippen LogP contribution in [-0.4, -0.2) is 12.9 Å². The topological polar surface area (TPSA) is 26.3 Å². The number of ketones is 1. The first kappa shape index (κ1) is 9.41. The molecule has 2 heteroatoms. The molecule has 0 N–H and O–H groups in total. The van der Waals surface area contributed by atoms with Crippen molar-refractivity contribution in [1.82, 2.24) is 0 Å². The van der Waals surface area contributed by atoms with Gasteiger partial charge >= 0.3 is 0 Å². The molecule has 1 fully saturated rings. The summed E-state index contributed by atoms with van der Waals surface area (Å²) in [6.45, 7) is 0. The number of carbonyl (C=O) groups excluding carboxylic acids is 1. The van der Waals surface area contributed by atoms with Crippen LogP contribution in [0.25, 0.3) is 0 Å². The molecule has 0 radical (unpaired) electrons. The average Bonchev–Trinajstić information content (AvgIpc) is 3.03. The van der Waals surface area contributed by atoms with Crippen LogP contribution in [0.5, 0.6) is 0 Å². The molecule has 1 aromatic rings. The zero-order chi connectivity index (χ0) is 9.97. The van der Waals surface area contributed by atoms with Crippen molar-refractivity contribution in [1.29, 1.82) is 0 Å². The number of hydrogen-bond acceptors (Lipinski definition) is 2. The van der Waals surface area contributed by atoms with Gasteiger partial charge < -0.3 is 4.74 Å². The molecule has 1 aromatic carbocycles. The van der Waals surface area contributed by atoms with Gasteiger partial charge in [0.2, 0.25) is 0 Å². The number of methoxy groups -OCH3 is 1. The molecule has 0 saturated heterocycles. The predicted octanol–water partition coefficient (Wildman–Crippen LogP) is 2.35. The van der Waals surface area contributed by atoms with E-state index in [1.54, 1.807) is 7.11 Å². The summed E-state index contributed by atoms with van der Waals surface area (Å²) in [4.78, 5) is 11.8. The minimum atomic E-state index is -0.358. The van der Waals surface area contributed by atoms with Crippen LogP contribution in [-0.2, 0) is 9.53 Å². The maximum absolute atomic E-state index is 11.8. The Morgan fingerprint density at radius 2 is 2.00 bits per heavy atom. The largest absolute Gasteiger partial charge is 0.369 e. The summed E-state index contributed by atoms with van der Waals surface area (Å²) in [6.07, 6.45) is 1.71. The molecule has 0 heterocycles. The Kier molecular flexibility index (Phi) is 2.64. The fraction of sp³-hybridized carbons (Fsp3) is 0.417. The van der Waals surface area contributed by atoms with Crippen molar-refractivity contribution >= 4 is 5.78 Å². The summed E-state index contributed by atoms with van der Waals surface area (Å²) >= 11 is 0. The molecule has 1 unspecified atom stereocenters. The highest BCUT2D eigenvalue weighted by Crippen LogP contribution is 2.35. The van der Waals surface area contributed by atoms with E-state index in [4.69, 9.17) is 4.74 Å². The molecule has 1 aliphatic carbocycles.